The Morgan fingerprint density at radius 2 is 1.89 bits per heavy atom. The molecule has 0 atom stereocenters. The van der Waals surface area contributed by atoms with Gasteiger partial charge < -0.3 is 9.64 Å². The Morgan fingerprint density at radius 3 is 2.58 bits per heavy atom. The van der Waals surface area contributed by atoms with Gasteiger partial charge in [-0.25, -0.2) is 4.79 Å². The van der Waals surface area contributed by atoms with Gasteiger partial charge >= 0.3 is 6.09 Å². The molecule has 4 heteroatoms. The quantitative estimate of drug-likeness (QED) is 0.816. The van der Waals surface area contributed by atoms with Crippen LogP contribution in [0.4, 0.5) is 4.79 Å². The fraction of sp³-hybridized carbons (Fsp3) is 0.533. The van der Waals surface area contributed by atoms with Crippen LogP contribution in [0.1, 0.15) is 18.4 Å². The maximum atomic E-state index is 12.0. The molecule has 1 spiro atoms. The van der Waals surface area contributed by atoms with Gasteiger partial charge in [-0.15, -0.1) is 0 Å². The molecule has 0 N–H and O–H groups in total. The van der Waals surface area contributed by atoms with Gasteiger partial charge in [0.05, 0.1) is 6.54 Å². The largest absolute Gasteiger partial charge is 0.441 e. The molecule has 0 aromatic heterocycles. The average molecular weight is 260 g/mol. The van der Waals surface area contributed by atoms with Gasteiger partial charge in [0.25, 0.3) is 0 Å². The minimum Gasteiger partial charge on any atom is -0.441 e. The molecule has 1 aromatic carbocycles. The van der Waals surface area contributed by atoms with Crippen molar-refractivity contribution < 1.29 is 9.53 Å². The molecule has 2 aliphatic rings. The molecule has 102 valence electrons. The van der Waals surface area contributed by atoms with Crippen molar-refractivity contribution in [2.75, 3.05) is 26.7 Å². The zero-order valence-corrected chi connectivity index (χ0v) is 11.3. The van der Waals surface area contributed by atoms with E-state index in [4.69, 9.17) is 4.74 Å². The second-order valence-corrected chi connectivity index (χ2v) is 5.70. The molecule has 4 nitrogen and oxygen atoms in total. The van der Waals surface area contributed by atoms with Gasteiger partial charge in [-0.3, -0.25) is 4.90 Å². The van der Waals surface area contributed by atoms with Crippen LogP contribution in [0.3, 0.4) is 0 Å². The fourth-order valence-corrected chi connectivity index (χ4v) is 2.90. The molecule has 2 saturated heterocycles. The molecule has 1 aromatic rings. The Kier molecular flexibility index (Phi) is 3.19. The van der Waals surface area contributed by atoms with Crippen LogP contribution < -0.4 is 0 Å². The Labute approximate surface area is 113 Å². The van der Waals surface area contributed by atoms with Crippen LogP contribution in [0.15, 0.2) is 30.3 Å². The first-order valence-corrected chi connectivity index (χ1v) is 6.87. The molecule has 0 saturated carbocycles. The lowest BCUT2D eigenvalue weighted by Crippen LogP contribution is -2.45. The molecule has 2 aliphatic heterocycles. The summed E-state index contributed by atoms with van der Waals surface area (Å²) < 4.78 is 5.68. The molecule has 0 aliphatic carbocycles. The number of benzene rings is 1. The van der Waals surface area contributed by atoms with Crippen molar-refractivity contribution in [3.8, 4) is 0 Å². The van der Waals surface area contributed by atoms with Crippen molar-refractivity contribution in [1.29, 1.82) is 0 Å². The number of nitrogens with zero attached hydrogens (tertiary/aromatic N) is 2. The highest BCUT2D eigenvalue weighted by atomic mass is 16.6. The highest BCUT2D eigenvalue weighted by molar-refractivity contribution is 5.70. The van der Waals surface area contributed by atoms with E-state index in [1.54, 1.807) is 0 Å². The van der Waals surface area contributed by atoms with E-state index in [2.05, 4.69) is 11.9 Å². The molecule has 19 heavy (non-hydrogen) atoms. The van der Waals surface area contributed by atoms with Gasteiger partial charge in [0, 0.05) is 32.5 Å². The zero-order valence-electron chi connectivity index (χ0n) is 11.3. The molecule has 0 radical (unpaired) electrons. The summed E-state index contributed by atoms with van der Waals surface area (Å²) in [6, 6.07) is 10.1. The minimum absolute atomic E-state index is 0.159. The summed E-state index contributed by atoms with van der Waals surface area (Å²) in [5, 5.41) is 0. The summed E-state index contributed by atoms with van der Waals surface area (Å²) in [6.45, 7) is 3.39. The number of hydrogen-bond donors (Lipinski definition) is 0. The summed E-state index contributed by atoms with van der Waals surface area (Å²) >= 11 is 0. The summed E-state index contributed by atoms with van der Waals surface area (Å²) in [6.07, 6.45) is 1.73. The Bertz CT molecular complexity index is 452. The highest BCUT2D eigenvalue weighted by Gasteiger charge is 2.46. The molecule has 0 bridgehead atoms. The van der Waals surface area contributed by atoms with E-state index in [-0.39, 0.29) is 11.7 Å². The Hall–Kier alpha value is -1.55. The van der Waals surface area contributed by atoms with Crippen LogP contribution in [0, 0.1) is 0 Å². The summed E-state index contributed by atoms with van der Waals surface area (Å²) in [5.41, 5.74) is 0.919. The third-order valence-corrected chi connectivity index (χ3v) is 4.16. The summed E-state index contributed by atoms with van der Waals surface area (Å²) in [4.78, 5) is 16.1. The van der Waals surface area contributed by atoms with Crippen molar-refractivity contribution in [3.63, 3.8) is 0 Å². The second-order valence-electron chi connectivity index (χ2n) is 5.70. The number of piperidine rings is 1. The van der Waals surface area contributed by atoms with Crippen LogP contribution >= 0.6 is 0 Å². The summed E-state index contributed by atoms with van der Waals surface area (Å²) in [7, 11) is 2.12. The number of carbonyl (C=O) groups excluding carboxylic acids is 1. The third-order valence-electron chi connectivity index (χ3n) is 4.16. The van der Waals surface area contributed by atoms with Gasteiger partial charge in [-0.1, -0.05) is 30.3 Å². The van der Waals surface area contributed by atoms with E-state index in [1.165, 1.54) is 0 Å². The Balaban J connectivity index is 1.67. The number of rotatable bonds is 2. The first kappa shape index (κ1) is 12.5. The van der Waals surface area contributed by atoms with Crippen molar-refractivity contribution in [2.45, 2.75) is 25.0 Å². The lowest BCUT2D eigenvalue weighted by atomic mass is 9.91. The fourth-order valence-electron chi connectivity index (χ4n) is 2.90. The minimum atomic E-state index is -0.238. The van der Waals surface area contributed by atoms with E-state index in [0.29, 0.717) is 6.54 Å². The second kappa shape index (κ2) is 4.85. The normalized spacial score (nSPS) is 22.8. The molecule has 2 heterocycles. The van der Waals surface area contributed by atoms with Crippen LogP contribution in [-0.2, 0) is 11.3 Å². The van der Waals surface area contributed by atoms with E-state index < -0.39 is 0 Å². The van der Waals surface area contributed by atoms with Gasteiger partial charge in [0.2, 0.25) is 0 Å². The van der Waals surface area contributed by atoms with Crippen LogP contribution in [0.5, 0.6) is 0 Å². The lowest BCUT2D eigenvalue weighted by Gasteiger charge is -2.35. The number of carbonyl (C=O) groups is 1. The van der Waals surface area contributed by atoms with Crippen molar-refractivity contribution >= 4 is 6.09 Å². The molecule has 1 amide bonds. The molecular formula is C15H20N2O2. The monoisotopic (exact) mass is 260 g/mol. The smallest absolute Gasteiger partial charge is 0.410 e. The van der Waals surface area contributed by atoms with Crippen LogP contribution in [-0.4, -0.2) is 48.2 Å². The maximum Gasteiger partial charge on any atom is 0.410 e. The van der Waals surface area contributed by atoms with E-state index >= 15 is 0 Å². The SMILES string of the molecule is CN1CCC2(CC1)CN(Cc1ccccc1)C(=O)O2. The maximum absolute atomic E-state index is 12.0. The predicted octanol–water partition coefficient (Wildman–Crippen LogP) is 2.10. The van der Waals surface area contributed by atoms with Crippen molar-refractivity contribution in [2.24, 2.45) is 0 Å². The van der Waals surface area contributed by atoms with Crippen LogP contribution in [0.2, 0.25) is 0 Å². The highest BCUT2D eigenvalue weighted by Crippen LogP contribution is 2.33. The number of likely N-dealkylation sites (tertiary alicyclic amines) is 1. The zero-order chi connectivity index (χ0) is 13.3. The van der Waals surface area contributed by atoms with Gasteiger partial charge in [0.15, 0.2) is 0 Å². The standard InChI is InChI=1S/C15H20N2O2/c1-16-9-7-15(8-10-16)12-17(14(18)19-15)11-13-5-3-2-4-6-13/h2-6H,7-12H2,1H3. The summed E-state index contributed by atoms with van der Waals surface area (Å²) in [5.74, 6) is 0. The molecule has 2 fully saturated rings. The third kappa shape index (κ3) is 2.59. The number of amides is 1. The van der Waals surface area contributed by atoms with Gasteiger partial charge in [0.1, 0.15) is 5.60 Å². The van der Waals surface area contributed by atoms with E-state index in [0.717, 1.165) is 38.0 Å². The molecule has 3 rings (SSSR count). The van der Waals surface area contributed by atoms with Gasteiger partial charge in [-0.2, -0.15) is 0 Å². The lowest BCUT2D eigenvalue weighted by molar-refractivity contribution is 0.00658. The topological polar surface area (TPSA) is 32.8 Å². The number of ether oxygens (including phenoxy) is 1. The molecular weight excluding hydrogens is 240 g/mol. The van der Waals surface area contributed by atoms with Gasteiger partial charge in [-0.05, 0) is 12.6 Å². The first-order chi connectivity index (χ1) is 9.17. The van der Waals surface area contributed by atoms with Crippen molar-refractivity contribution in [3.05, 3.63) is 35.9 Å². The average Bonchev–Trinajstić information content (AvgIpc) is 2.71. The predicted molar refractivity (Wildman–Crippen MR) is 72.8 cm³/mol. The van der Waals surface area contributed by atoms with Crippen LogP contribution in [0.25, 0.3) is 0 Å². The van der Waals surface area contributed by atoms with Crippen molar-refractivity contribution in [1.82, 2.24) is 9.80 Å². The van der Waals surface area contributed by atoms with E-state index in [1.807, 2.05) is 35.2 Å². The van der Waals surface area contributed by atoms with E-state index in [9.17, 15) is 4.79 Å². The Morgan fingerprint density at radius 1 is 1.21 bits per heavy atom. The molecule has 0 unspecified atom stereocenters. The first-order valence-electron chi connectivity index (χ1n) is 6.87. The number of hydrogen-bond acceptors (Lipinski definition) is 3.